The highest BCUT2D eigenvalue weighted by atomic mass is 35.5. The lowest BCUT2D eigenvalue weighted by Crippen LogP contribution is -2.53. The zero-order valence-corrected chi connectivity index (χ0v) is 17.8. The van der Waals surface area contributed by atoms with Crippen LogP contribution >= 0.6 is 23.4 Å². The second-order valence-corrected chi connectivity index (χ2v) is 9.12. The minimum Gasteiger partial charge on any atom is -0.497 e. The van der Waals surface area contributed by atoms with E-state index in [1.54, 1.807) is 19.2 Å². The van der Waals surface area contributed by atoms with E-state index < -0.39 is 0 Å². The molecule has 0 radical (unpaired) electrons. The molecule has 0 bridgehead atoms. The third-order valence-corrected chi connectivity index (χ3v) is 7.58. The highest BCUT2D eigenvalue weighted by Gasteiger charge is 2.47. The van der Waals surface area contributed by atoms with Gasteiger partial charge in [0.2, 0.25) is 0 Å². The summed E-state index contributed by atoms with van der Waals surface area (Å²) in [6.07, 6.45) is 1.52. The molecule has 2 saturated heterocycles. The van der Waals surface area contributed by atoms with Crippen LogP contribution in [0.1, 0.15) is 33.6 Å². The van der Waals surface area contributed by atoms with Crippen molar-refractivity contribution in [2.24, 2.45) is 0 Å². The molecule has 0 unspecified atom stereocenters. The number of halogens is 1. The van der Waals surface area contributed by atoms with Gasteiger partial charge in [-0.1, -0.05) is 23.7 Å². The molecule has 5 nitrogen and oxygen atoms in total. The molecule has 0 saturated carbocycles. The van der Waals surface area contributed by atoms with Crippen molar-refractivity contribution in [1.82, 2.24) is 9.80 Å². The molecule has 0 atom stereocenters. The van der Waals surface area contributed by atoms with Gasteiger partial charge in [-0.2, -0.15) is 0 Å². The largest absolute Gasteiger partial charge is 0.497 e. The van der Waals surface area contributed by atoms with Crippen LogP contribution in [0.5, 0.6) is 5.75 Å². The zero-order chi connectivity index (χ0) is 20.4. The van der Waals surface area contributed by atoms with E-state index >= 15 is 0 Å². The molecule has 2 amide bonds. The molecule has 2 heterocycles. The van der Waals surface area contributed by atoms with Crippen molar-refractivity contribution in [3.05, 3.63) is 64.7 Å². The normalized spacial score (nSPS) is 18.1. The molecule has 7 heteroatoms. The first-order valence-electron chi connectivity index (χ1n) is 9.68. The number of carbonyl (C=O) groups excluding carboxylic acids is 2. The van der Waals surface area contributed by atoms with Crippen molar-refractivity contribution in [2.75, 3.05) is 32.5 Å². The molecule has 0 aromatic heterocycles. The molecule has 2 aliphatic heterocycles. The summed E-state index contributed by atoms with van der Waals surface area (Å²) < 4.78 is 5.19. The molecule has 2 aromatic carbocycles. The van der Waals surface area contributed by atoms with Gasteiger partial charge in [0.15, 0.2) is 0 Å². The molecule has 1 spiro atoms. The topological polar surface area (TPSA) is 49.9 Å². The van der Waals surface area contributed by atoms with Crippen molar-refractivity contribution in [3.8, 4) is 5.75 Å². The smallest absolute Gasteiger partial charge is 0.255 e. The maximum Gasteiger partial charge on any atom is 0.255 e. The van der Waals surface area contributed by atoms with Gasteiger partial charge in [0.1, 0.15) is 5.75 Å². The van der Waals surface area contributed by atoms with Crippen molar-refractivity contribution in [1.29, 1.82) is 0 Å². The lowest BCUT2D eigenvalue weighted by Gasteiger charge is -2.44. The summed E-state index contributed by atoms with van der Waals surface area (Å²) in [5.74, 6) is 1.66. The third kappa shape index (κ3) is 3.83. The van der Waals surface area contributed by atoms with Gasteiger partial charge in [-0.05, 0) is 49.2 Å². The van der Waals surface area contributed by atoms with E-state index in [1.165, 1.54) is 0 Å². The van der Waals surface area contributed by atoms with E-state index in [2.05, 4.69) is 0 Å². The maximum absolute atomic E-state index is 13.2. The third-order valence-electron chi connectivity index (χ3n) is 5.70. The first-order chi connectivity index (χ1) is 14.0. The second-order valence-electron chi connectivity index (χ2n) is 7.25. The Balaban J connectivity index is 1.47. The van der Waals surface area contributed by atoms with Crippen molar-refractivity contribution in [3.63, 3.8) is 0 Å². The Morgan fingerprint density at radius 2 is 1.69 bits per heavy atom. The lowest BCUT2D eigenvalue weighted by atomic mass is 10.00. The van der Waals surface area contributed by atoms with Crippen LogP contribution in [0.15, 0.2) is 48.5 Å². The molecule has 2 fully saturated rings. The summed E-state index contributed by atoms with van der Waals surface area (Å²) in [5.41, 5.74) is 1.21. The number of hydrogen-bond acceptors (Lipinski definition) is 4. The van der Waals surface area contributed by atoms with E-state index in [4.69, 9.17) is 16.3 Å². The van der Waals surface area contributed by atoms with Crippen LogP contribution in [0.25, 0.3) is 0 Å². The number of nitrogens with zero attached hydrogens (tertiary/aromatic N) is 2. The Labute approximate surface area is 180 Å². The number of thioether (sulfide) groups is 1. The highest BCUT2D eigenvalue weighted by molar-refractivity contribution is 8.00. The molecule has 0 aliphatic carbocycles. The Bertz CT molecular complexity index is 911. The van der Waals surface area contributed by atoms with Crippen LogP contribution in [0.2, 0.25) is 5.02 Å². The Hall–Kier alpha value is -2.18. The standard InChI is InChI=1S/C22H23ClN2O3S/c1-28-17-8-6-16(7-9-17)20(26)25-14-15-29-22(25)10-12-24(13-11-22)21(27)18-4-2-3-5-19(18)23/h2-9H,10-15H2,1H3. The van der Waals surface area contributed by atoms with Gasteiger partial charge in [0.05, 0.1) is 22.6 Å². The molecule has 0 N–H and O–H groups in total. The number of likely N-dealkylation sites (tertiary alicyclic amines) is 1. The lowest BCUT2D eigenvalue weighted by molar-refractivity contribution is 0.0498. The summed E-state index contributed by atoms with van der Waals surface area (Å²) >= 11 is 8.03. The van der Waals surface area contributed by atoms with E-state index in [0.717, 1.165) is 30.9 Å². The number of rotatable bonds is 3. The van der Waals surface area contributed by atoms with Crippen LogP contribution in [0.4, 0.5) is 0 Å². The van der Waals surface area contributed by atoms with E-state index in [9.17, 15) is 9.59 Å². The summed E-state index contributed by atoms with van der Waals surface area (Å²) in [7, 11) is 1.61. The Morgan fingerprint density at radius 3 is 2.34 bits per heavy atom. The van der Waals surface area contributed by atoms with Crippen LogP contribution in [0.3, 0.4) is 0 Å². The van der Waals surface area contributed by atoms with Crippen molar-refractivity contribution >= 4 is 35.2 Å². The number of methoxy groups -OCH3 is 1. The summed E-state index contributed by atoms with van der Waals surface area (Å²) in [5, 5.41) is 0.476. The first-order valence-corrected chi connectivity index (χ1v) is 11.0. The van der Waals surface area contributed by atoms with E-state index in [-0.39, 0.29) is 16.7 Å². The number of carbonyl (C=O) groups is 2. The molecular weight excluding hydrogens is 408 g/mol. The molecule has 2 aromatic rings. The number of amides is 2. The van der Waals surface area contributed by atoms with Crippen LogP contribution in [-0.4, -0.2) is 59.0 Å². The predicted molar refractivity (Wildman–Crippen MR) is 116 cm³/mol. The minimum absolute atomic E-state index is 0.0403. The SMILES string of the molecule is COc1ccc(C(=O)N2CCSC23CCN(C(=O)c2ccccc2Cl)CC3)cc1. The van der Waals surface area contributed by atoms with E-state index in [1.807, 2.05) is 58.0 Å². The molecule has 2 aliphatic rings. The fourth-order valence-corrected chi connectivity index (χ4v) is 5.73. The minimum atomic E-state index is -0.242. The van der Waals surface area contributed by atoms with Gasteiger partial charge >= 0.3 is 0 Å². The Morgan fingerprint density at radius 1 is 1.00 bits per heavy atom. The van der Waals surface area contributed by atoms with Gasteiger partial charge < -0.3 is 14.5 Å². The van der Waals surface area contributed by atoms with Crippen LogP contribution in [-0.2, 0) is 0 Å². The quantitative estimate of drug-likeness (QED) is 0.733. The first kappa shape index (κ1) is 20.1. The van der Waals surface area contributed by atoms with Crippen LogP contribution < -0.4 is 4.74 Å². The molecule has 4 rings (SSSR count). The van der Waals surface area contributed by atoms with Crippen molar-refractivity contribution < 1.29 is 14.3 Å². The molecular formula is C22H23ClN2O3S. The average Bonchev–Trinajstić information content (AvgIpc) is 3.16. The Kier molecular flexibility index (Phi) is 5.74. The van der Waals surface area contributed by atoms with Gasteiger partial charge in [-0.15, -0.1) is 11.8 Å². The second kappa shape index (κ2) is 8.28. The van der Waals surface area contributed by atoms with Crippen LogP contribution in [0, 0.1) is 0 Å². The molecule has 29 heavy (non-hydrogen) atoms. The fraction of sp³-hybridized carbons (Fsp3) is 0.364. The van der Waals surface area contributed by atoms with Gasteiger partial charge in [0.25, 0.3) is 11.8 Å². The number of hydrogen-bond donors (Lipinski definition) is 0. The monoisotopic (exact) mass is 430 g/mol. The number of piperidine rings is 1. The van der Waals surface area contributed by atoms with Gasteiger partial charge in [-0.25, -0.2) is 0 Å². The fourth-order valence-electron chi connectivity index (χ4n) is 4.06. The van der Waals surface area contributed by atoms with E-state index in [0.29, 0.717) is 29.2 Å². The summed E-state index contributed by atoms with van der Waals surface area (Å²) in [6, 6.07) is 14.4. The highest BCUT2D eigenvalue weighted by Crippen LogP contribution is 2.44. The zero-order valence-electron chi connectivity index (χ0n) is 16.3. The average molecular weight is 431 g/mol. The van der Waals surface area contributed by atoms with Gasteiger partial charge in [0, 0.05) is 31.0 Å². The number of benzene rings is 2. The van der Waals surface area contributed by atoms with Gasteiger partial charge in [-0.3, -0.25) is 9.59 Å². The number of ether oxygens (including phenoxy) is 1. The predicted octanol–water partition coefficient (Wildman–Crippen LogP) is 4.17. The van der Waals surface area contributed by atoms with Crippen molar-refractivity contribution in [2.45, 2.75) is 17.7 Å². The molecule has 152 valence electrons. The maximum atomic E-state index is 13.2. The summed E-state index contributed by atoms with van der Waals surface area (Å²) in [6.45, 7) is 1.96. The summed E-state index contributed by atoms with van der Waals surface area (Å²) in [4.78, 5) is 29.6.